The van der Waals surface area contributed by atoms with E-state index in [1.165, 1.54) is 6.26 Å². The number of nitrogens with zero attached hydrogens (tertiary/aromatic N) is 1. The minimum absolute atomic E-state index is 0.0797. The van der Waals surface area contributed by atoms with Gasteiger partial charge in [-0.1, -0.05) is 0 Å². The summed E-state index contributed by atoms with van der Waals surface area (Å²) in [4.78, 5) is 13.6. The highest BCUT2D eigenvalue weighted by Crippen LogP contribution is 2.28. The molecule has 1 N–H and O–H groups in total. The molecular formula is C12H17NO3. The second-order valence-corrected chi connectivity index (χ2v) is 4.61. The fraction of sp³-hybridized carbons (Fsp3) is 0.583. The van der Waals surface area contributed by atoms with E-state index in [0.29, 0.717) is 18.2 Å². The van der Waals surface area contributed by atoms with Gasteiger partial charge in [0.1, 0.15) is 0 Å². The quantitative estimate of drug-likeness (QED) is 0.843. The number of rotatable bonds is 3. The fourth-order valence-corrected chi connectivity index (χ4v) is 2.08. The average Bonchev–Trinajstić information content (AvgIpc) is 2.61. The van der Waals surface area contributed by atoms with Gasteiger partial charge < -0.3 is 14.4 Å². The van der Waals surface area contributed by atoms with Gasteiger partial charge in [0.15, 0.2) is 5.76 Å². The van der Waals surface area contributed by atoms with Crippen molar-refractivity contribution in [3.8, 4) is 0 Å². The molecule has 0 saturated heterocycles. The van der Waals surface area contributed by atoms with Crippen LogP contribution in [0.25, 0.3) is 0 Å². The lowest BCUT2D eigenvalue weighted by atomic mass is 9.82. The Hall–Kier alpha value is -1.29. The van der Waals surface area contributed by atoms with Gasteiger partial charge in [0.05, 0.1) is 12.4 Å². The van der Waals surface area contributed by atoms with E-state index < -0.39 is 0 Å². The second-order valence-electron chi connectivity index (χ2n) is 4.61. The number of carbonyl (C=O) groups is 1. The first kappa shape index (κ1) is 11.2. The number of aryl methyl sites for hydroxylation is 1. The summed E-state index contributed by atoms with van der Waals surface area (Å²) in [6.07, 6.45) is 2.96. The number of aliphatic hydroxyl groups excluding tert-OH is 1. The molecule has 1 aliphatic rings. The van der Waals surface area contributed by atoms with Crippen LogP contribution in [-0.2, 0) is 0 Å². The predicted octanol–water partition coefficient (Wildman–Crippen LogP) is 1.43. The maximum atomic E-state index is 12.0. The summed E-state index contributed by atoms with van der Waals surface area (Å²) in [6, 6.07) is 1.79. The van der Waals surface area contributed by atoms with E-state index >= 15 is 0 Å². The van der Waals surface area contributed by atoms with E-state index in [4.69, 9.17) is 4.42 Å². The lowest BCUT2D eigenvalue weighted by molar-refractivity contribution is 0.0257. The molecule has 16 heavy (non-hydrogen) atoms. The normalized spacial score (nSPS) is 23.9. The molecular weight excluding hydrogens is 206 g/mol. The third-order valence-corrected chi connectivity index (χ3v) is 3.15. The summed E-state index contributed by atoms with van der Waals surface area (Å²) in [5.74, 6) is 0.769. The van der Waals surface area contributed by atoms with Crippen molar-refractivity contribution in [3.63, 3.8) is 0 Å². The van der Waals surface area contributed by atoms with Crippen molar-refractivity contribution in [2.24, 2.45) is 5.92 Å². The third-order valence-electron chi connectivity index (χ3n) is 3.15. The molecule has 1 saturated carbocycles. The lowest BCUT2D eigenvalue weighted by Crippen LogP contribution is -2.39. The standard InChI is InChI=1S/C12H17NO3/c1-8-3-4-16-11(8)12(15)13(2)7-9-5-10(14)6-9/h3-4,9-10,14H,5-7H2,1-2H3. The smallest absolute Gasteiger partial charge is 0.289 e. The minimum atomic E-state index is -0.168. The van der Waals surface area contributed by atoms with Gasteiger partial charge in [-0.2, -0.15) is 0 Å². The molecule has 1 aromatic rings. The monoisotopic (exact) mass is 223 g/mol. The molecule has 2 rings (SSSR count). The summed E-state index contributed by atoms with van der Waals surface area (Å²) < 4.78 is 5.16. The molecule has 0 atom stereocenters. The minimum Gasteiger partial charge on any atom is -0.459 e. The van der Waals surface area contributed by atoms with Gasteiger partial charge in [0.2, 0.25) is 0 Å². The lowest BCUT2D eigenvalue weighted by Gasteiger charge is -2.34. The molecule has 1 heterocycles. The molecule has 1 aromatic heterocycles. The Bertz CT molecular complexity index is 379. The molecule has 4 nitrogen and oxygen atoms in total. The van der Waals surface area contributed by atoms with Crippen molar-refractivity contribution in [2.45, 2.75) is 25.9 Å². The van der Waals surface area contributed by atoms with Crippen LogP contribution < -0.4 is 0 Å². The van der Waals surface area contributed by atoms with Crippen LogP contribution in [0.15, 0.2) is 16.7 Å². The van der Waals surface area contributed by atoms with E-state index in [0.717, 1.165) is 18.4 Å². The Kier molecular flexibility index (Phi) is 3.01. The Morgan fingerprint density at radius 3 is 2.81 bits per heavy atom. The maximum absolute atomic E-state index is 12.0. The van der Waals surface area contributed by atoms with Gasteiger partial charge >= 0.3 is 0 Å². The summed E-state index contributed by atoms with van der Waals surface area (Å²) in [7, 11) is 1.77. The van der Waals surface area contributed by atoms with Crippen molar-refractivity contribution in [1.82, 2.24) is 4.90 Å². The Morgan fingerprint density at radius 1 is 1.62 bits per heavy atom. The first-order valence-electron chi connectivity index (χ1n) is 5.55. The number of hydrogen-bond acceptors (Lipinski definition) is 3. The summed E-state index contributed by atoms with van der Waals surface area (Å²) in [5, 5.41) is 9.18. The first-order chi connectivity index (χ1) is 7.58. The molecule has 1 fully saturated rings. The van der Waals surface area contributed by atoms with Crippen molar-refractivity contribution in [1.29, 1.82) is 0 Å². The van der Waals surface area contributed by atoms with Crippen LogP contribution in [0.1, 0.15) is 29.0 Å². The number of carbonyl (C=O) groups excluding carboxylic acids is 1. The Labute approximate surface area is 94.9 Å². The van der Waals surface area contributed by atoms with Gasteiger partial charge in [-0.3, -0.25) is 4.79 Å². The van der Waals surface area contributed by atoms with Crippen LogP contribution >= 0.6 is 0 Å². The topological polar surface area (TPSA) is 53.7 Å². The van der Waals surface area contributed by atoms with E-state index in [2.05, 4.69) is 0 Å². The van der Waals surface area contributed by atoms with Crippen LogP contribution in [0.4, 0.5) is 0 Å². The van der Waals surface area contributed by atoms with Gasteiger partial charge in [-0.05, 0) is 31.7 Å². The zero-order valence-electron chi connectivity index (χ0n) is 9.64. The van der Waals surface area contributed by atoms with Gasteiger partial charge in [-0.25, -0.2) is 0 Å². The SMILES string of the molecule is Cc1ccoc1C(=O)N(C)CC1CC(O)C1. The molecule has 1 amide bonds. The number of hydrogen-bond donors (Lipinski definition) is 1. The van der Waals surface area contributed by atoms with Crippen molar-refractivity contribution in [3.05, 3.63) is 23.7 Å². The summed E-state index contributed by atoms with van der Waals surface area (Å²) >= 11 is 0. The average molecular weight is 223 g/mol. The van der Waals surface area contributed by atoms with Crippen molar-refractivity contribution >= 4 is 5.91 Å². The second kappa shape index (κ2) is 4.29. The van der Waals surface area contributed by atoms with Crippen LogP contribution in [0.2, 0.25) is 0 Å². The molecule has 88 valence electrons. The molecule has 0 spiro atoms. The fourth-order valence-electron chi connectivity index (χ4n) is 2.08. The molecule has 0 aliphatic heterocycles. The number of furan rings is 1. The Morgan fingerprint density at radius 2 is 2.31 bits per heavy atom. The van der Waals surface area contributed by atoms with Crippen LogP contribution in [0.3, 0.4) is 0 Å². The molecule has 0 unspecified atom stereocenters. The maximum Gasteiger partial charge on any atom is 0.289 e. The van der Waals surface area contributed by atoms with Gasteiger partial charge in [0.25, 0.3) is 5.91 Å². The highest BCUT2D eigenvalue weighted by molar-refractivity contribution is 5.92. The van der Waals surface area contributed by atoms with Crippen molar-refractivity contribution in [2.75, 3.05) is 13.6 Å². The molecule has 4 heteroatoms. The van der Waals surface area contributed by atoms with Gasteiger partial charge in [-0.15, -0.1) is 0 Å². The van der Waals surface area contributed by atoms with E-state index in [1.54, 1.807) is 18.0 Å². The first-order valence-corrected chi connectivity index (χ1v) is 5.55. The largest absolute Gasteiger partial charge is 0.459 e. The molecule has 0 aromatic carbocycles. The summed E-state index contributed by atoms with van der Waals surface area (Å²) in [5.41, 5.74) is 0.866. The van der Waals surface area contributed by atoms with Crippen LogP contribution in [-0.4, -0.2) is 35.6 Å². The van der Waals surface area contributed by atoms with Crippen LogP contribution in [0, 0.1) is 12.8 Å². The van der Waals surface area contributed by atoms with E-state index in [-0.39, 0.29) is 12.0 Å². The molecule has 0 bridgehead atoms. The highest BCUT2D eigenvalue weighted by atomic mass is 16.3. The number of aliphatic hydroxyl groups is 1. The number of amides is 1. The van der Waals surface area contributed by atoms with E-state index in [9.17, 15) is 9.90 Å². The van der Waals surface area contributed by atoms with Crippen LogP contribution in [0.5, 0.6) is 0 Å². The van der Waals surface area contributed by atoms with E-state index in [1.807, 2.05) is 6.92 Å². The zero-order chi connectivity index (χ0) is 11.7. The highest BCUT2D eigenvalue weighted by Gasteiger charge is 2.30. The third kappa shape index (κ3) is 2.11. The van der Waals surface area contributed by atoms with Gasteiger partial charge in [0, 0.05) is 19.2 Å². The molecule has 1 aliphatic carbocycles. The molecule has 0 radical (unpaired) electrons. The predicted molar refractivity (Wildman–Crippen MR) is 59.1 cm³/mol. The Balaban J connectivity index is 1.92. The zero-order valence-corrected chi connectivity index (χ0v) is 9.64. The van der Waals surface area contributed by atoms with Crippen molar-refractivity contribution < 1.29 is 14.3 Å². The summed E-state index contributed by atoms with van der Waals surface area (Å²) in [6.45, 7) is 2.55.